The van der Waals surface area contributed by atoms with E-state index in [2.05, 4.69) is 26.3 Å². The van der Waals surface area contributed by atoms with Gasteiger partial charge in [-0.2, -0.15) is 5.10 Å². The third kappa shape index (κ3) is 4.24. The monoisotopic (exact) mass is 497 g/mol. The van der Waals surface area contributed by atoms with Crippen LogP contribution >= 0.6 is 27.3 Å². The number of fused-ring (bicyclic) bond motifs is 1. The molecule has 0 spiro atoms. The minimum Gasteiger partial charge on any atom is -0.332 e. The highest BCUT2D eigenvalue weighted by atomic mass is 79.9. The van der Waals surface area contributed by atoms with Gasteiger partial charge in [0.15, 0.2) is 5.65 Å². The van der Waals surface area contributed by atoms with Crippen molar-refractivity contribution in [3.8, 4) is 10.6 Å². The third-order valence-corrected chi connectivity index (χ3v) is 6.43. The summed E-state index contributed by atoms with van der Waals surface area (Å²) in [4.78, 5) is 33.0. The fourth-order valence-electron chi connectivity index (χ4n) is 3.41. The van der Waals surface area contributed by atoms with E-state index in [0.717, 1.165) is 15.0 Å². The Kier molecular flexibility index (Phi) is 5.88. The predicted octanol–water partition coefficient (Wildman–Crippen LogP) is 4.48. The van der Waals surface area contributed by atoms with Crippen LogP contribution in [0.15, 0.2) is 52.3 Å². The fourth-order valence-corrected chi connectivity index (χ4v) is 4.48. The summed E-state index contributed by atoms with van der Waals surface area (Å²) in [7, 11) is 3.43. The Balaban J connectivity index is 1.65. The van der Waals surface area contributed by atoms with Gasteiger partial charge in [0.25, 0.3) is 5.91 Å². The number of aryl methyl sites for hydroxylation is 2. The molecule has 0 atom stereocenters. The van der Waals surface area contributed by atoms with E-state index < -0.39 is 0 Å². The van der Waals surface area contributed by atoms with Crippen LogP contribution in [-0.2, 0) is 11.8 Å². The van der Waals surface area contributed by atoms with Crippen LogP contribution < -0.4 is 5.32 Å². The second-order valence-electron chi connectivity index (χ2n) is 7.13. The minimum absolute atomic E-state index is 0.0857. The van der Waals surface area contributed by atoms with Gasteiger partial charge in [0.2, 0.25) is 5.91 Å². The van der Waals surface area contributed by atoms with Crippen molar-refractivity contribution in [2.75, 3.05) is 18.9 Å². The maximum atomic E-state index is 13.4. The molecule has 3 aromatic heterocycles. The zero-order chi connectivity index (χ0) is 22.1. The van der Waals surface area contributed by atoms with E-state index in [-0.39, 0.29) is 18.4 Å². The zero-order valence-corrected chi connectivity index (χ0v) is 19.6. The number of hydrogen-bond acceptors (Lipinski definition) is 5. The van der Waals surface area contributed by atoms with Gasteiger partial charge in [-0.3, -0.25) is 14.3 Å². The van der Waals surface area contributed by atoms with Crippen LogP contribution in [0.3, 0.4) is 0 Å². The number of likely N-dealkylation sites (N-methyl/N-ethyl adjacent to an activating group) is 1. The van der Waals surface area contributed by atoms with Crippen molar-refractivity contribution in [3.63, 3.8) is 0 Å². The summed E-state index contributed by atoms with van der Waals surface area (Å²) in [5.74, 6) is -0.543. The molecule has 0 unspecified atom stereocenters. The molecule has 2 amide bonds. The lowest BCUT2D eigenvalue weighted by atomic mass is 10.1. The summed E-state index contributed by atoms with van der Waals surface area (Å²) in [5, 5.41) is 9.94. The van der Waals surface area contributed by atoms with E-state index in [9.17, 15) is 9.59 Å². The van der Waals surface area contributed by atoms with E-state index in [0.29, 0.717) is 28.0 Å². The number of aromatic nitrogens is 3. The number of thiophene rings is 1. The van der Waals surface area contributed by atoms with Crippen LogP contribution in [0.5, 0.6) is 0 Å². The second kappa shape index (κ2) is 8.60. The molecule has 0 fully saturated rings. The first kappa shape index (κ1) is 21.2. The molecule has 3 heterocycles. The molecule has 0 aliphatic carbocycles. The van der Waals surface area contributed by atoms with Crippen LogP contribution in [0.1, 0.15) is 16.1 Å². The summed E-state index contributed by atoms with van der Waals surface area (Å²) in [5.41, 5.74) is 3.20. The summed E-state index contributed by atoms with van der Waals surface area (Å²) in [6.45, 7) is 1.77. The van der Waals surface area contributed by atoms with Crippen molar-refractivity contribution in [2.45, 2.75) is 6.92 Å². The normalized spacial score (nSPS) is 11.0. The van der Waals surface area contributed by atoms with Gasteiger partial charge in [-0.05, 0) is 52.5 Å². The average Bonchev–Trinajstić information content (AvgIpc) is 3.37. The van der Waals surface area contributed by atoms with E-state index in [4.69, 9.17) is 4.98 Å². The van der Waals surface area contributed by atoms with Gasteiger partial charge in [-0.1, -0.05) is 18.2 Å². The number of nitrogens with zero attached hydrogens (tertiary/aromatic N) is 4. The molecule has 4 aromatic rings. The maximum Gasteiger partial charge on any atom is 0.254 e. The molecule has 31 heavy (non-hydrogen) atoms. The number of anilines is 1. The summed E-state index contributed by atoms with van der Waals surface area (Å²) in [6, 6.07) is 13.0. The molecule has 0 bridgehead atoms. The molecule has 158 valence electrons. The lowest BCUT2D eigenvalue weighted by molar-refractivity contribution is -0.116. The van der Waals surface area contributed by atoms with Crippen molar-refractivity contribution in [3.05, 3.63) is 63.6 Å². The van der Waals surface area contributed by atoms with Gasteiger partial charge in [0, 0.05) is 18.6 Å². The highest BCUT2D eigenvalue weighted by molar-refractivity contribution is 9.10. The van der Waals surface area contributed by atoms with E-state index in [1.54, 1.807) is 35.2 Å². The van der Waals surface area contributed by atoms with Crippen LogP contribution in [0.2, 0.25) is 0 Å². The Bertz CT molecular complexity index is 1280. The molecule has 4 rings (SSSR count). The highest BCUT2D eigenvalue weighted by Crippen LogP contribution is 2.30. The SMILES string of the molecule is Cc1nn(C)c2nc(-c3cccs3)cc(C(=O)N(C)CC(=O)Nc3ccccc3Br)c12. The van der Waals surface area contributed by atoms with Gasteiger partial charge < -0.3 is 10.2 Å². The maximum absolute atomic E-state index is 13.4. The molecule has 1 N–H and O–H groups in total. The van der Waals surface area contributed by atoms with E-state index >= 15 is 0 Å². The van der Waals surface area contributed by atoms with Gasteiger partial charge in [-0.15, -0.1) is 11.3 Å². The molecular formula is C22H20BrN5O2S. The van der Waals surface area contributed by atoms with Gasteiger partial charge in [0.05, 0.1) is 39.4 Å². The number of amides is 2. The average molecular weight is 498 g/mol. The minimum atomic E-state index is -0.283. The molecule has 0 aliphatic rings. The Labute approximate surface area is 191 Å². The van der Waals surface area contributed by atoms with Crippen molar-refractivity contribution in [1.82, 2.24) is 19.7 Å². The zero-order valence-electron chi connectivity index (χ0n) is 17.2. The molecule has 0 saturated heterocycles. The molecule has 0 aliphatic heterocycles. The highest BCUT2D eigenvalue weighted by Gasteiger charge is 2.23. The van der Waals surface area contributed by atoms with Gasteiger partial charge >= 0.3 is 0 Å². The number of hydrogen-bond donors (Lipinski definition) is 1. The van der Waals surface area contributed by atoms with Crippen molar-refractivity contribution < 1.29 is 9.59 Å². The van der Waals surface area contributed by atoms with Gasteiger partial charge in [0.1, 0.15) is 0 Å². The van der Waals surface area contributed by atoms with Crippen molar-refractivity contribution in [2.24, 2.45) is 7.05 Å². The quantitative estimate of drug-likeness (QED) is 0.440. The number of rotatable bonds is 5. The molecule has 0 saturated carbocycles. The van der Waals surface area contributed by atoms with Crippen molar-refractivity contribution in [1.29, 1.82) is 0 Å². The largest absolute Gasteiger partial charge is 0.332 e. The van der Waals surface area contributed by atoms with Crippen LogP contribution in [0.25, 0.3) is 21.6 Å². The number of nitrogens with one attached hydrogen (secondary N) is 1. The Hall–Kier alpha value is -3.04. The number of carbonyl (C=O) groups is 2. The first-order valence-corrected chi connectivity index (χ1v) is 11.2. The fraction of sp³-hybridized carbons (Fsp3) is 0.182. The Morgan fingerprint density at radius 2 is 2.00 bits per heavy atom. The summed E-state index contributed by atoms with van der Waals surface area (Å²) in [6.07, 6.45) is 0. The van der Waals surface area contributed by atoms with Gasteiger partial charge in [-0.25, -0.2) is 4.98 Å². The molecular weight excluding hydrogens is 478 g/mol. The van der Waals surface area contributed by atoms with E-state index in [1.807, 2.05) is 49.7 Å². The standard InChI is InChI=1S/C22H20BrN5O2S/c1-13-20-14(11-17(18-9-6-10-31-18)25-21(20)28(3)26-13)22(30)27(2)12-19(29)24-16-8-5-4-7-15(16)23/h4-11H,12H2,1-3H3,(H,24,29). The molecule has 9 heteroatoms. The topological polar surface area (TPSA) is 80.1 Å². The molecule has 1 aromatic carbocycles. The molecule has 0 radical (unpaired) electrons. The number of pyridine rings is 1. The lowest BCUT2D eigenvalue weighted by Gasteiger charge is -2.18. The van der Waals surface area contributed by atoms with Crippen LogP contribution in [-0.4, -0.2) is 45.1 Å². The Morgan fingerprint density at radius 3 is 2.71 bits per heavy atom. The molecule has 7 nitrogen and oxygen atoms in total. The van der Waals surface area contributed by atoms with Crippen LogP contribution in [0.4, 0.5) is 5.69 Å². The first-order valence-electron chi connectivity index (χ1n) is 9.53. The number of benzene rings is 1. The number of halogens is 1. The summed E-state index contributed by atoms with van der Waals surface area (Å²) >= 11 is 4.96. The van der Waals surface area contributed by atoms with Crippen molar-refractivity contribution >= 4 is 55.8 Å². The van der Waals surface area contributed by atoms with E-state index in [1.165, 1.54) is 4.90 Å². The Morgan fingerprint density at radius 1 is 1.23 bits per heavy atom. The predicted molar refractivity (Wildman–Crippen MR) is 126 cm³/mol. The third-order valence-electron chi connectivity index (χ3n) is 4.85. The number of para-hydroxylation sites is 1. The second-order valence-corrected chi connectivity index (χ2v) is 8.93. The number of carbonyl (C=O) groups excluding carboxylic acids is 2. The lowest BCUT2D eigenvalue weighted by Crippen LogP contribution is -2.35. The van der Waals surface area contributed by atoms with Crippen LogP contribution in [0, 0.1) is 6.92 Å². The summed E-state index contributed by atoms with van der Waals surface area (Å²) < 4.78 is 2.46. The first-order chi connectivity index (χ1) is 14.8. The smallest absolute Gasteiger partial charge is 0.254 e.